The van der Waals surface area contributed by atoms with Crippen molar-refractivity contribution in [1.29, 1.82) is 0 Å². The van der Waals surface area contributed by atoms with Crippen LogP contribution in [-0.2, 0) is 16.1 Å². The second-order valence-electron chi connectivity index (χ2n) is 5.20. The lowest BCUT2D eigenvalue weighted by molar-refractivity contribution is -0.145. The highest BCUT2D eigenvalue weighted by atomic mass is 79.9. The lowest BCUT2D eigenvalue weighted by Crippen LogP contribution is -2.58. The molecule has 5 heteroatoms. The van der Waals surface area contributed by atoms with E-state index in [1.807, 2.05) is 24.3 Å². The molecule has 2 fully saturated rings. The molecule has 0 aromatic heterocycles. The summed E-state index contributed by atoms with van der Waals surface area (Å²) in [6.45, 7) is 0.668. The maximum Gasteiger partial charge on any atom is 0.246 e. The number of rotatable bonds is 3. The molecule has 1 aliphatic heterocycles. The third kappa shape index (κ3) is 2.81. The molecule has 100 valence electrons. The Bertz CT molecular complexity index is 511. The molecule has 2 aliphatic rings. The molecule has 1 aromatic rings. The maximum absolute atomic E-state index is 12.3. The molecule has 1 saturated carbocycles. The zero-order valence-corrected chi connectivity index (χ0v) is 12.0. The molecule has 19 heavy (non-hydrogen) atoms. The minimum atomic E-state index is -0.295. The molecular formula is C14H15BrN2O2. The number of halogens is 1. The van der Waals surface area contributed by atoms with Crippen LogP contribution in [0.15, 0.2) is 28.7 Å². The van der Waals surface area contributed by atoms with Gasteiger partial charge in [-0.05, 0) is 36.5 Å². The Balaban J connectivity index is 1.73. The molecule has 0 radical (unpaired) electrons. The van der Waals surface area contributed by atoms with Crippen LogP contribution in [-0.4, -0.2) is 29.3 Å². The summed E-state index contributed by atoms with van der Waals surface area (Å²) in [5.74, 6) is 0.364. The van der Waals surface area contributed by atoms with Crippen LogP contribution in [0, 0.1) is 5.92 Å². The summed E-state index contributed by atoms with van der Waals surface area (Å²) in [5.41, 5.74) is 1.04. The van der Waals surface area contributed by atoms with Crippen molar-refractivity contribution in [3.63, 3.8) is 0 Å². The number of amides is 2. The van der Waals surface area contributed by atoms with Gasteiger partial charge in [-0.2, -0.15) is 0 Å². The number of carbonyl (C=O) groups is 2. The summed E-state index contributed by atoms with van der Waals surface area (Å²) in [6.07, 6.45) is 2.09. The molecule has 2 amide bonds. The average molecular weight is 323 g/mol. The first-order valence-electron chi connectivity index (χ1n) is 6.46. The molecular weight excluding hydrogens is 308 g/mol. The molecule has 1 aliphatic carbocycles. The van der Waals surface area contributed by atoms with Crippen molar-refractivity contribution >= 4 is 27.7 Å². The summed E-state index contributed by atoms with van der Waals surface area (Å²) in [4.78, 5) is 25.7. The van der Waals surface area contributed by atoms with Crippen LogP contribution in [0.4, 0.5) is 0 Å². The van der Waals surface area contributed by atoms with Gasteiger partial charge >= 0.3 is 0 Å². The number of benzene rings is 1. The topological polar surface area (TPSA) is 49.4 Å². The molecule has 1 N–H and O–H groups in total. The highest BCUT2D eigenvalue weighted by Gasteiger charge is 2.42. The summed E-state index contributed by atoms with van der Waals surface area (Å²) >= 11 is 3.38. The Morgan fingerprint density at radius 2 is 1.89 bits per heavy atom. The first-order chi connectivity index (χ1) is 9.13. The van der Waals surface area contributed by atoms with Crippen LogP contribution in [0.2, 0.25) is 0 Å². The van der Waals surface area contributed by atoms with Gasteiger partial charge in [0.05, 0.1) is 6.54 Å². The summed E-state index contributed by atoms with van der Waals surface area (Å²) < 4.78 is 1.01. The van der Waals surface area contributed by atoms with Gasteiger partial charge in [0.2, 0.25) is 11.8 Å². The first kappa shape index (κ1) is 12.7. The van der Waals surface area contributed by atoms with E-state index in [9.17, 15) is 9.59 Å². The standard InChI is InChI=1S/C14H15BrN2O2/c15-11-5-1-9(2-6-11)7-17-8-12(18)16-13(14(17)19)10-3-4-10/h1-2,5-6,10,13H,3-4,7-8H2,(H,16,18). The van der Waals surface area contributed by atoms with E-state index in [4.69, 9.17) is 0 Å². The normalized spacial score (nSPS) is 23.4. The Labute approximate surface area is 120 Å². The Hall–Kier alpha value is -1.36. The van der Waals surface area contributed by atoms with Gasteiger partial charge < -0.3 is 10.2 Å². The summed E-state index contributed by atoms with van der Waals surface area (Å²) in [7, 11) is 0. The van der Waals surface area contributed by atoms with Gasteiger partial charge in [-0.15, -0.1) is 0 Å². The number of piperazine rings is 1. The molecule has 0 bridgehead atoms. The largest absolute Gasteiger partial charge is 0.342 e. The lowest BCUT2D eigenvalue weighted by atomic mass is 10.1. The monoisotopic (exact) mass is 322 g/mol. The maximum atomic E-state index is 12.3. The highest BCUT2D eigenvalue weighted by molar-refractivity contribution is 9.10. The van der Waals surface area contributed by atoms with Crippen molar-refractivity contribution in [2.45, 2.75) is 25.4 Å². The summed E-state index contributed by atoms with van der Waals surface area (Å²) in [5, 5.41) is 2.82. The smallest absolute Gasteiger partial charge is 0.246 e. The summed E-state index contributed by atoms with van der Waals surface area (Å²) in [6, 6.07) is 7.54. The van der Waals surface area contributed by atoms with Crippen molar-refractivity contribution < 1.29 is 9.59 Å². The molecule has 1 unspecified atom stereocenters. The quantitative estimate of drug-likeness (QED) is 0.920. The zero-order chi connectivity index (χ0) is 13.4. The average Bonchev–Trinajstić information content (AvgIpc) is 3.20. The molecule has 1 aromatic carbocycles. The second-order valence-corrected chi connectivity index (χ2v) is 6.12. The van der Waals surface area contributed by atoms with Crippen molar-refractivity contribution in [2.75, 3.05) is 6.54 Å². The van der Waals surface area contributed by atoms with Crippen molar-refractivity contribution in [3.05, 3.63) is 34.3 Å². The number of nitrogens with one attached hydrogen (secondary N) is 1. The van der Waals surface area contributed by atoms with E-state index in [0.29, 0.717) is 12.5 Å². The van der Waals surface area contributed by atoms with Gasteiger partial charge in [-0.1, -0.05) is 28.1 Å². The lowest BCUT2D eigenvalue weighted by Gasteiger charge is -2.32. The van der Waals surface area contributed by atoms with Gasteiger partial charge in [-0.25, -0.2) is 0 Å². The van der Waals surface area contributed by atoms with Crippen molar-refractivity contribution in [3.8, 4) is 0 Å². The van der Waals surface area contributed by atoms with E-state index in [0.717, 1.165) is 22.9 Å². The Kier molecular flexibility index (Phi) is 3.31. The van der Waals surface area contributed by atoms with Crippen LogP contribution in [0.1, 0.15) is 18.4 Å². The fourth-order valence-corrected chi connectivity index (χ4v) is 2.69. The Morgan fingerprint density at radius 1 is 1.21 bits per heavy atom. The SMILES string of the molecule is O=C1CN(Cc2ccc(Br)cc2)C(=O)C(C2CC2)N1. The third-order valence-electron chi connectivity index (χ3n) is 3.61. The number of carbonyl (C=O) groups excluding carboxylic acids is 2. The van der Waals surface area contributed by atoms with Crippen molar-refractivity contribution in [2.24, 2.45) is 5.92 Å². The van der Waals surface area contributed by atoms with Crippen molar-refractivity contribution in [1.82, 2.24) is 10.2 Å². The van der Waals surface area contributed by atoms with E-state index in [2.05, 4.69) is 21.2 Å². The first-order valence-corrected chi connectivity index (χ1v) is 7.25. The fourth-order valence-electron chi connectivity index (χ4n) is 2.42. The van der Waals surface area contributed by atoms with Crippen LogP contribution in [0.5, 0.6) is 0 Å². The van der Waals surface area contributed by atoms with E-state index >= 15 is 0 Å². The molecule has 4 nitrogen and oxygen atoms in total. The molecule has 3 rings (SSSR count). The van der Waals surface area contributed by atoms with Gasteiger partial charge in [-0.3, -0.25) is 9.59 Å². The van der Waals surface area contributed by atoms with Crippen LogP contribution in [0.25, 0.3) is 0 Å². The van der Waals surface area contributed by atoms with Gasteiger partial charge in [0.1, 0.15) is 6.04 Å². The molecule has 1 saturated heterocycles. The van der Waals surface area contributed by atoms with Crippen LogP contribution < -0.4 is 5.32 Å². The Morgan fingerprint density at radius 3 is 2.53 bits per heavy atom. The zero-order valence-electron chi connectivity index (χ0n) is 10.4. The molecule has 1 atom stereocenters. The van der Waals surface area contributed by atoms with E-state index in [1.165, 1.54) is 0 Å². The number of hydrogen-bond donors (Lipinski definition) is 1. The second kappa shape index (κ2) is 4.96. The molecule has 0 spiro atoms. The third-order valence-corrected chi connectivity index (χ3v) is 4.14. The predicted octanol–water partition coefficient (Wildman–Crippen LogP) is 1.69. The van der Waals surface area contributed by atoms with Gasteiger partial charge in [0.25, 0.3) is 0 Å². The predicted molar refractivity (Wildman–Crippen MR) is 74.2 cm³/mol. The molecule has 1 heterocycles. The fraction of sp³-hybridized carbons (Fsp3) is 0.429. The van der Waals surface area contributed by atoms with Crippen LogP contribution in [0.3, 0.4) is 0 Å². The highest BCUT2D eigenvalue weighted by Crippen LogP contribution is 2.34. The number of hydrogen-bond acceptors (Lipinski definition) is 2. The van der Waals surface area contributed by atoms with Gasteiger partial charge in [0, 0.05) is 11.0 Å². The minimum Gasteiger partial charge on any atom is -0.342 e. The number of nitrogens with zero attached hydrogens (tertiary/aromatic N) is 1. The van der Waals surface area contributed by atoms with Gasteiger partial charge in [0.15, 0.2) is 0 Å². The minimum absolute atomic E-state index is 0.0476. The van der Waals surface area contributed by atoms with E-state index < -0.39 is 0 Å². The van der Waals surface area contributed by atoms with E-state index in [1.54, 1.807) is 4.90 Å². The van der Waals surface area contributed by atoms with Crippen LogP contribution >= 0.6 is 15.9 Å². The van der Waals surface area contributed by atoms with E-state index in [-0.39, 0.29) is 24.4 Å².